The molecule has 0 aliphatic heterocycles. The van der Waals surface area contributed by atoms with Crippen molar-refractivity contribution in [2.24, 2.45) is 16.8 Å². The number of aromatic nitrogens is 7. The summed E-state index contributed by atoms with van der Waals surface area (Å²) in [5, 5.41) is 9.61. The number of halogens is 1. The lowest BCUT2D eigenvalue weighted by molar-refractivity contribution is 0.237. The van der Waals surface area contributed by atoms with Crippen molar-refractivity contribution in [1.82, 2.24) is 34.1 Å². The standard InChI is InChI=1S/C30H39ClN8O/c1-21-17-33-39(18-21)26-13-12-24(22(2)15-26)9-6-5-7-14-38-23(3)34-30(36-38)35-25-10-8-11-27(28(16-25)40-4)37-19-29(31)32-20-37/h12-13,15-20,22,24,27H,5-11,14H2,1-4H3. The topological polar surface area (TPSA) is 87.9 Å². The second-order valence-electron chi connectivity index (χ2n) is 10.9. The first-order valence-electron chi connectivity index (χ1n) is 14.2. The molecule has 3 aromatic rings. The predicted molar refractivity (Wildman–Crippen MR) is 159 cm³/mol. The van der Waals surface area contributed by atoms with Gasteiger partial charge in [-0.05, 0) is 75.5 Å². The van der Waals surface area contributed by atoms with E-state index in [1.165, 1.54) is 24.1 Å². The van der Waals surface area contributed by atoms with Crippen molar-refractivity contribution in [3.63, 3.8) is 0 Å². The van der Waals surface area contributed by atoms with Gasteiger partial charge in [-0.25, -0.2) is 19.3 Å². The number of aliphatic imine (C=N–C) groups is 1. The molecule has 2 aliphatic carbocycles. The minimum absolute atomic E-state index is 0.0516. The summed E-state index contributed by atoms with van der Waals surface area (Å²) in [6, 6.07) is 0.0516. The molecule has 0 fully saturated rings. The van der Waals surface area contributed by atoms with Gasteiger partial charge in [-0.1, -0.05) is 43.5 Å². The molecular weight excluding hydrogens is 524 g/mol. The molecule has 10 heteroatoms. The second-order valence-corrected chi connectivity index (χ2v) is 11.3. The summed E-state index contributed by atoms with van der Waals surface area (Å²) in [4.78, 5) is 13.6. The number of rotatable bonds is 10. The normalized spacial score (nSPS) is 22.3. The Balaban J connectivity index is 1.12. The molecule has 0 bridgehead atoms. The number of aryl methyl sites for hydroxylation is 3. The Morgan fingerprint density at radius 2 is 2.05 bits per heavy atom. The van der Waals surface area contributed by atoms with Gasteiger partial charge in [0.25, 0.3) is 5.95 Å². The molecule has 0 saturated heterocycles. The Morgan fingerprint density at radius 3 is 2.77 bits per heavy atom. The summed E-state index contributed by atoms with van der Waals surface area (Å²) in [5.41, 5.74) is 3.27. The van der Waals surface area contributed by atoms with Crippen LogP contribution in [0.25, 0.3) is 5.70 Å². The summed E-state index contributed by atoms with van der Waals surface area (Å²) in [5.74, 6) is 3.33. The van der Waals surface area contributed by atoms with E-state index in [0.29, 0.717) is 22.9 Å². The van der Waals surface area contributed by atoms with E-state index in [-0.39, 0.29) is 6.04 Å². The maximum absolute atomic E-state index is 6.04. The highest BCUT2D eigenvalue weighted by molar-refractivity contribution is 6.29. The number of ether oxygens (including phenoxy) is 1. The van der Waals surface area contributed by atoms with Crippen molar-refractivity contribution >= 4 is 29.0 Å². The van der Waals surface area contributed by atoms with Crippen molar-refractivity contribution in [2.45, 2.75) is 78.3 Å². The summed E-state index contributed by atoms with van der Waals surface area (Å²) < 4.78 is 11.7. The third kappa shape index (κ3) is 6.81. The third-order valence-electron chi connectivity index (χ3n) is 7.81. The molecule has 3 aromatic heterocycles. The maximum Gasteiger partial charge on any atom is 0.268 e. The highest BCUT2D eigenvalue weighted by atomic mass is 35.5. The zero-order chi connectivity index (χ0) is 28.1. The van der Waals surface area contributed by atoms with Crippen molar-refractivity contribution in [2.75, 3.05) is 7.11 Å². The molecule has 0 spiro atoms. The first kappa shape index (κ1) is 28.1. The Hall–Kier alpha value is -3.46. The van der Waals surface area contributed by atoms with E-state index in [1.54, 1.807) is 13.4 Å². The van der Waals surface area contributed by atoms with Crippen molar-refractivity contribution in [1.29, 1.82) is 0 Å². The number of hydrogen-bond donors (Lipinski definition) is 0. The molecule has 3 unspecified atom stereocenters. The summed E-state index contributed by atoms with van der Waals surface area (Å²) in [6.45, 7) is 7.23. The van der Waals surface area contributed by atoms with Crippen LogP contribution < -0.4 is 0 Å². The summed E-state index contributed by atoms with van der Waals surface area (Å²) in [7, 11) is 1.69. The van der Waals surface area contributed by atoms with E-state index in [0.717, 1.165) is 55.9 Å². The largest absolute Gasteiger partial charge is 0.499 e. The van der Waals surface area contributed by atoms with Crippen molar-refractivity contribution < 1.29 is 4.74 Å². The quantitative estimate of drug-likeness (QED) is 0.251. The van der Waals surface area contributed by atoms with Gasteiger partial charge in [0.2, 0.25) is 0 Å². The lowest BCUT2D eigenvalue weighted by atomic mass is 9.85. The van der Waals surface area contributed by atoms with Crippen molar-refractivity contribution in [3.8, 4) is 0 Å². The van der Waals surface area contributed by atoms with Crippen LogP contribution in [0.4, 0.5) is 5.95 Å². The van der Waals surface area contributed by atoms with Gasteiger partial charge in [0.15, 0.2) is 0 Å². The zero-order valence-electron chi connectivity index (χ0n) is 23.9. The fourth-order valence-corrected chi connectivity index (χ4v) is 5.69. The van der Waals surface area contributed by atoms with Crippen LogP contribution in [-0.2, 0) is 11.3 Å². The molecule has 3 atom stereocenters. The average Bonchev–Trinajstić information content (AvgIpc) is 3.61. The first-order chi connectivity index (χ1) is 19.4. The fraction of sp³-hybridized carbons (Fsp3) is 0.500. The van der Waals surface area contributed by atoms with Crippen LogP contribution in [0.1, 0.15) is 69.3 Å². The number of unbranched alkanes of at least 4 members (excludes halogenated alkanes) is 2. The van der Waals surface area contributed by atoms with Crippen LogP contribution >= 0.6 is 11.6 Å². The third-order valence-corrected chi connectivity index (χ3v) is 8.00. The monoisotopic (exact) mass is 562 g/mol. The predicted octanol–water partition coefficient (Wildman–Crippen LogP) is 6.89. The van der Waals surface area contributed by atoms with E-state index < -0.39 is 0 Å². The van der Waals surface area contributed by atoms with E-state index in [2.05, 4.69) is 53.3 Å². The van der Waals surface area contributed by atoms with Gasteiger partial charge in [0, 0.05) is 24.7 Å². The van der Waals surface area contributed by atoms with Crippen LogP contribution in [0, 0.1) is 25.7 Å². The molecule has 9 nitrogen and oxygen atoms in total. The fourth-order valence-electron chi connectivity index (χ4n) is 5.54. The molecule has 5 rings (SSSR count). The van der Waals surface area contributed by atoms with E-state index in [9.17, 15) is 0 Å². The van der Waals surface area contributed by atoms with Gasteiger partial charge in [-0.15, -0.1) is 5.10 Å². The Labute approximate surface area is 241 Å². The SMILES string of the molecule is COC1=CC(=Nc2nc(C)n(CCCCCC3C=CC(n4cc(C)cn4)=CC3C)n2)CCCC1n1cnc(Cl)c1. The number of methoxy groups -OCH3 is 1. The molecular formula is C30H39ClN8O. The maximum atomic E-state index is 6.04. The molecule has 3 heterocycles. The molecule has 0 N–H and O–H groups in total. The molecule has 40 heavy (non-hydrogen) atoms. The van der Waals surface area contributed by atoms with E-state index in [1.807, 2.05) is 39.3 Å². The van der Waals surface area contributed by atoms with Gasteiger partial charge in [0.1, 0.15) is 16.7 Å². The number of nitrogens with zero attached hydrogens (tertiary/aromatic N) is 8. The smallest absolute Gasteiger partial charge is 0.268 e. The van der Waals surface area contributed by atoms with Crippen LogP contribution in [0.15, 0.2) is 60.0 Å². The average molecular weight is 563 g/mol. The number of hydrogen-bond acceptors (Lipinski definition) is 6. The molecule has 2 aliphatic rings. The van der Waals surface area contributed by atoms with Gasteiger partial charge in [-0.2, -0.15) is 10.1 Å². The lowest BCUT2D eigenvalue weighted by Crippen LogP contribution is -2.13. The van der Waals surface area contributed by atoms with Gasteiger partial charge < -0.3 is 9.30 Å². The minimum Gasteiger partial charge on any atom is -0.499 e. The van der Waals surface area contributed by atoms with Crippen LogP contribution in [0.2, 0.25) is 5.15 Å². The highest BCUT2D eigenvalue weighted by Crippen LogP contribution is 2.30. The van der Waals surface area contributed by atoms with Gasteiger partial charge in [-0.3, -0.25) is 0 Å². The zero-order valence-corrected chi connectivity index (χ0v) is 24.6. The molecule has 0 radical (unpaired) electrons. The molecule has 0 saturated carbocycles. The van der Waals surface area contributed by atoms with E-state index >= 15 is 0 Å². The van der Waals surface area contributed by atoms with E-state index in [4.69, 9.17) is 26.4 Å². The second kappa shape index (κ2) is 12.8. The minimum atomic E-state index is 0.0516. The Bertz CT molecular complexity index is 1420. The first-order valence-corrected chi connectivity index (χ1v) is 14.6. The molecule has 0 amide bonds. The number of imidazole rings is 1. The Kier molecular flexibility index (Phi) is 8.99. The van der Waals surface area contributed by atoms with Gasteiger partial charge >= 0.3 is 0 Å². The van der Waals surface area contributed by atoms with Crippen LogP contribution in [-0.4, -0.2) is 46.9 Å². The van der Waals surface area contributed by atoms with Crippen LogP contribution in [0.5, 0.6) is 0 Å². The highest BCUT2D eigenvalue weighted by Gasteiger charge is 2.22. The Morgan fingerprint density at radius 1 is 1.18 bits per heavy atom. The summed E-state index contributed by atoms with van der Waals surface area (Å²) in [6.07, 6.45) is 23.8. The van der Waals surface area contributed by atoms with Crippen LogP contribution in [0.3, 0.4) is 0 Å². The number of allylic oxidation sites excluding steroid dienone is 6. The van der Waals surface area contributed by atoms with Crippen molar-refractivity contribution in [3.05, 3.63) is 71.5 Å². The molecule has 212 valence electrons. The van der Waals surface area contributed by atoms with Gasteiger partial charge in [0.05, 0.1) is 31.4 Å². The summed E-state index contributed by atoms with van der Waals surface area (Å²) >= 11 is 6.04. The lowest BCUT2D eigenvalue weighted by Gasteiger charge is -2.23. The molecule has 0 aromatic carbocycles.